The van der Waals surface area contributed by atoms with Crippen LogP contribution in [0.5, 0.6) is 0 Å². The molecule has 30 heavy (non-hydrogen) atoms. The minimum Gasteiger partial charge on any atom is -0.342 e. The van der Waals surface area contributed by atoms with Gasteiger partial charge in [0, 0.05) is 13.0 Å². The predicted octanol–water partition coefficient (Wildman–Crippen LogP) is 5.31. The van der Waals surface area contributed by atoms with Crippen LogP contribution in [0, 0.1) is 11.6 Å². The van der Waals surface area contributed by atoms with Gasteiger partial charge in [-0.25, -0.2) is 8.78 Å². The standard InChI is InChI=1S/C24H29F2N3O/c1-4-5-6-14-29-22(17-8-7-9-20(26)15-17)16-21(28-29)23(30)27-24(2,3)18-10-12-19(25)13-11-18/h7-13,15,22H,4-6,14,16H2,1-3H3,(H,27,30). The highest BCUT2D eigenvalue weighted by Gasteiger charge is 2.33. The van der Waals surface area contributed by atoms with Crippen LogP contribution in [0.2, 0.25) is 0 Å². The summed E-state index contributed by atoms with van der Waals surface area (Å²) in [5, 5.41) is 9.51. The Balaban J connectivity index is 1.77. The second kappa shape index (κ2) is 9.37. The molecule has 160 valence electrons. The summed E-state index contributed by atoms with van der Waals surface area (Å²) in [6, 6.07) is 12.4. The molecule has 0 aromatic heterocycles. The van der Waals surface area contributed by atoms with E-state index >= 15 is 0 Å². The molecule has 2 aromatic rings. The van der Waals surface area contributed by atoms with Crippen LogP contribution < -0.4 is 5.32 Å². The summed E-state index contributed by atoms with van der Waals surface area (Å²) in [6.07, 6.45) is 3.53. The van der Waals surface area contributed by atoms with Crippen molar-refractivity contribution >= 4 is 11.6 Å². The van der Waals surface area contributed by atoms with E-state index in [-0.39, 0.29) is 23.6 Å². The summed E-state index contributed by atoms with van der Waals surface area (Å²) in [6.45, 7) is 6.59. The number of unbranched alkanes of at least 4 members (excludes halogenated alkanes) is 2. The molecule has 1 unspecified atom stereocenters. The SMILES string of the molecule is CCCCCN1N=C(C(=O)NC(C)(C)c2ccc(F)cc2)CC1c1cccc(F)c1. The fraction of sp³-hybridized carbons (Fsp3) is 0.417. The minimum absolute atomic E-state index is 0.160. The second-order valence-corrected chi connectivity index (χ2v) is 8.28. The van der Waals surface area contributed by atoms with E-state index in [0.717, 1.165) is 30.4 Å². The lowest BCUT2D eigenvalue weighted by atomic mass is 9.93. The van der Waals surface area contributed by atoms with Gasteiger partial charge in [0.15, 0.2) is 0 Å². The van der Waals surface area contributed by atoms with E-state index in [9.17, 15) is 13.6 Å². The van der Waals surface area contributed by atoms with Gasteiger partial charge in [-0.15, -0.1) is 0 Å². The number of hydrazone groups is 1. The van der Waals surface area contributed by atoms with E-state index in [0.29, 0.717) is 18.7 Å². The lowest BCUT2D eigenvalue weighted by Gasteiger charge is -2.26. The van der Waals surface area contributed by atoms with E-state index < -0.39 is 5.54 Å². The normalized spacial score (nSPS) is 16.5. The maximum absolute atomic E-state index is 13.8. The maximum atomic E-state index is 13.8. The van der Waals surface area contributed by atoms with Gasteiger partial charge in [-0.3, -0.25) is 9.80 Å². The van der Waals surface area contributed by atoms with E-state index in [1.807, 2.05) is 24.9 Å². The molecule has 1 atom stereocenters. The summed E-state index contributed by atoms with van der Waals surface area (Å²) in [7, 11) is 0. The van der Waals surface area contributed by atoms with Crippen LogP contribution in [-0.2, 0) is 10.3 Å². The van der Waals surface area contributed by atoms with Gasteiger partial charge in [0.1, 0.15) is 17.3 Å². The Hall–Kier alpha value is -2.76. The first-order valence-electron chi connectivity index (χ1n) is 10.5. The zero-order chi connectivity index (χ0) is 21.7. The first-order chi connectivity index (χ1) is 14.3. The Morgan fingerprint density at radius 1 is 1.13 bits per heavy atom. The number of hydrogen-bond donors (Lipinski definition) is 1. The lowest BCUT2D eigenvalue weighted by molar-refractivity contribution is -0.116. The molecule has 0 radical (unpaired) electrons. The van der Waals surface area contributed by atoms with Gasteiger partial charge < -0.3 is 5.32 Å². The molecule has 0 bridgehead atoms. The van der Waals surface area contributed by atoms with Crippen molar-refractivity contribution in [1.29, 1.82) is 0 Å². The third-order valence-electron chi connectivity index (χ3n) is 5.47. The van der Waals surface area contributed by atoms with Crippen LogP contribution in [0.1, 0.15) is 63.6 Å². The van der Waals surface area contributed by atoms with E-state index in [1.165, 1.54) is 24.3 Å². The number of halogens is 2. The average Bonchev–Trinajstić information content (AvgIpc) is 3.13. The van der Waals surface area contributed by atoms with Gasteiger partial charge in [0.25, 0.3) is 5.91 Å². The predicted molar refractivity (Wildman–Crippen MR) is 115 cm³/mol. The first kappa shape index (κ1) is 21.9. The number of carbonyl (C=O) groups is 1. The van der Waals surface area contributed by atoms with Crippen LogP contribution in [0.15, 0.2) is 53.6 Å². The molecule has 0 aliphatic carbocycles. The molecule has 1 aliphatic rings. The van der Waals surface area contributed by atoms with E-state index in [4.69, 9.17) is 0 Å². The van der Waals surface area contributed by atoms with Crippen LogP contribution >= 0.6 is 0 Å². The molecule has 6 heteroatoms. The van der Waals surface area contributed by atoms with Crippen molar-refractivity contribution in [3.8, 4) is 0 Å². The van der Waals surface area contributed by atoms with Crippen molar-refractivity contribution in [1.82, 2.24) is 10.3 Å². The number of rotatable bonds is 8. The molecule has 1 amide bonds. The van der Waals surface area contributed by atoms with Crippen molar-refractivity contribution in [2.24, 2.45) is 5.10 Å². The third-order valence-corrected chi connectivity index (χ3v) is 5.47. The van der Waals surface area contributed by atoms with Crippen molar-refractivity contribution in [2.45, 2.75) is 58.0 Å². The molecule has 3 rings (SSSR count). The molecular weight excluding hydrogens is 384 g/mol. The summed E-state index contributed by atoms with van der Waals surface area (Å²) in [5.41, 5.74) is 1.36. The van der Waals surface area contributed by atoms with Crippen molar-refractivity contribution in [3.05, 3.63) is 71.3 Å². The molecule has 0 fully saturated rings. The van der Waals surface area contributed by atoms with Crippen molar-refractivity contribution in [3.63, 3.8) is 0 Å². The Labute approximate surface area is 177 Å². The summed E-state index contributed by atoms with van der Waals surface area (Å²) >= 11 is 0. The van der Waals surface area contributed by atoms with E-state index in [2.05, 4.69) is 17.3 Å². The second-order valence-electron chi connectivity index (χ2n) is 8.28. The van der Waals surface area contributed by atoms with Gasteiger partial charge >= 0.3 is 0 Å². The van der Waals surface area contributed by atoms with Crippen molar-refractivity contribution < 1.29 is 13.6 Å². The van der Waals surface area contributed by atoms with Crippen LogP contribution in [0.3, 0.4) is 0 Å². The largest absolute Gasteiger partial charge is 0.342 e. The van der Waals surface area contributed by atoms with Gasteiger partial charge in [0.05, 0.1) is 11.6 Å². The van der Waals surface area contributed by atoms with Crippen LogP contribution in [0.25, 0.3) is 0 Å². The maximum Gasteiger partial charge on any atom is 0.268 e. The molecule has 2 aromatic carbocycles. The number of nitrogens with zero attached hydrogens (tertiary/aromatic N) is 2. The average molecular weight is 414 g/mol. The Kier molecular flexibility index (Phi) is 6.85. The molecule has 1 aliphatic heterocycles. The Morgan fingerprint density at radius 3 is 2.53 bits per heavy atom. The molecule has 0 spiro atoms. The van der Waals surface area contributed by atoms with E-state index in [1.54, 1.807) is 18.2 Å². The van der Waals surface area contributed by atoms with Gasteiger partial charge in [-0.2, -0.15) is 5.10 Å². The number of nitrogens with one attached hydrogen (secondary N) is 1. The zero-order valence-corrected chi connectivity index (χ0v) is 17.8. The molecule has 0 saturated carbocycles. The van der Waals surface area contributed by atoms with Crippen LogP contribution in [-0.4, -0.2) is 23.2 Å². The highest BCUT2D eigenvalue weighted by atomic mass is 19.1. The highest BCUT2D eigenvalue weighted by Crippen LogP contribution is 2.32. The molecule has 4 nitrogen and oxygen atoms in total. The molecule has 1 heterocycles. The fourth-order valence-electron chi connectivity index (χ4n) is 3.72. The molecule has 1 N–H and O–H groups in total. The summed E-state index contributed by atoms with van der Waals surface area (Å²) < 4.78 is 27.0. The first-order valence-corrected chi connectivity index (χ1v) is 10.5. The monoisotopic (exact) mass is 413 g/mol. The lowest BCUT2D eigenvalue weighted by Crippen LogP contribution is -2.44. The number of benzene rings is 2. The topological polar surface area (TPSA) is 44.7 Å². The number of amides is 1. The zero-order valence-electron chi connectivity index (χ0n) is 17.8. The van der Waals surface area contributed by atoms with Gasteiger partial charge in [-0.05, 0) is 55.7 Å². The third kappa shape index (κ3) is 5.23. The smallest absolute Gasteiger partial charge is 0.268 e. The Bertz CT molecular complexity index is 909. The quantitative estimate of drug-likeness (QED) is 0.596. The number of carbonyl (C=O) groups excluding carboxylic acids is 1. The number of hydrogen-bond acceptors (Lipinski definition) is 3. The van der Waals surface area contributed by atoms with Crippen molar-refractivity contribution in [2.75, 3.05) is 6.54 Å². The Morgan fingerprint density at radius 2 is 1.87 bits per heavy atom. The molecule has 0 saturated heterocycles. The van der Waals surface area contributed by atoms with Gasteiger partial charge in [-0.1, -0.05) is 44.0 Å². The fourth-order valence-corrected chi connectivity index (χ4v) is 3.72. The summed E-state index contributed by atoms with van der Waals surface area (Å²) in [5.74, 6) is -0.873. The van der Waals surface area contributed by atoms with Crippen LogP contribution in [0.4, 0.5) is 8.78 Å². The highest BCUT2D eigenvalue weighted by molar-refractivity contribution is 6.39. The minimum atomic E-state index is -0.683. The molecular formula is C24H29F2N3O. The van der Waals surface area contributed by atoms with Gasteiger partial charge in [0.2, 0.25) is 0 Å². The summed E-state index contributed by atoms with van der Waals surface area (Å²) in [4.78, 5) is 13.0.